The highest BCUT2D eigenvalue weighted by atomic mass is 35.5. The lowest BCUT2D eigenvalue weighted by molar-refractivity contribution is 0.0962. The van der Waals surface area contributed by atoms with E-state index < -0.39 is 0 Å². The molecule has 0 amide bonds. The number of carbonyl (C=O) groups excluding carboxylic acids is 1. The lowest BCUT2D eigenvalue weighted by atomic mass is 9.82. The maximum atomic E-state index is 12.5. The maximum absolute atomic E-state index is 12.5. The molecule has 0 aliphatic heterocycles. The van der Waals surface area contributed by atoms with Crippen LogP contribution in [0.25, 0.3) is 0 Å². The van der Waals surface area contributed by atoms with Gasteiger partial charge < -0.3 is 5.32 Å². The van der Waals surface area contributed by atoms with Crippen molar-refractivity contribution in [3.05, 3.63) is 82.1 Å². The van der Waals surface area contributed by atoms with E-state index in [0.717, 1.165) is 23.4 Å². The summed E-state index contributed by atoms with van der Waals surface area (Å²) in [6.07, 6.45) is 3.84. The third kappa shape index (κ3) is 3.86. The monoisotopic (exact) mass is 377 g/mol. The molecule has 3 aromatic rings. The van der Waals surface area contributed by atoms with E-state index in [4.69, 9.17) is 11.6 Å². The number of hydrogen-bond donors (Lipinski definition) is 1. The van der Waals surface area contributed by atoms with Crippen LogP contribution < -0.4 is 5.32 Å². The summed E-state index contributed by atoms with van der Waals surface area (Å²) in [7, 11) is 0. The Morgan fingerprint density at radius 3 is 2.52 bits per heavy atom. The van der Waals surface area contributed by atoms with E-state index in [0.29, 0.717) is 29.4 Å². The molecule has 0 unspecified atom stereocenters. The van der Waals surface area contributed by atoms with Gasteiger partial charge in [-0.1, -0.05) is 42.8 Å². The Hall–Kier alpha value is -2.72. The molecule has 1 aromatic heterocycles. The smallest absolute Gasteiger partial charge is 0.227 e. The quantitative estimate of drug-likeness (QED) is 0.666. The average Bonchev–Trinajstić information content (AvgIpc) is 2.69. The van der Waals surface area contributed by atoms with Crippen LogP contribution in [-0.4, -0.2) is 15.8 Å². The van der Waals surface area contributed by atoms with Crippen LogP contribution in [0, 0.1) is 0 Å². The number of aromatic nitrogens is 2. The lowest BCUT2D eigenvalue weighted by Crippen LogP contribution is -2.21. The zero-order valence-corrected chi connectivity index (χ0v) is 15.8. The second kappa shape index (κ2) is 7.49. The minimum atomic E-state index is 0.0926. The number of fused-ring (bicyclic) bond motifs is 1. The van der Waals surface area contributed by atoms with Crippen LogP contribution in [0.1, 0.15) is 46.4 Å². The van der Waals surface area contributed by atoms with Gasteiger partial charge in [0.05, 0.1) is 11.3 Å². The predicted octanol–water partition coefficient (Wildman–Crippen LogP) is 5.35. The van der Waals surface area contributed by atoms with Gasteiger partial charge in [-0.2, -0.15) is 0 Å². The molecule has 1 heterocycles. The van der Waals surface area contributed by atoms with Crippen molar-refractivity contribution in [2.75, 3.05) is 5.32 Å². The van der Waals surface area contributed by atoms with Gasteiger partial charge in [0, 0.05) is 23.3 Å². The summed E-state index contributed by atoms with van der Waals surface area (Å²) in [4.78, 5) is 21.5. The maximum Gasteiger partial charge on any atom is 0.227 e. The number of Topliss-reactive ketones (excluding diaryl/α,β-unsaturated/α-hetero) is 1. The number of benzene rings is 2. The average molecular weight is 378 g/mol. The molecule has 0 bridgehead atoms. The van der Waals surface area contributed by atoms with Gasteiger partial charge in [-0.3, -0.25) is 4.79 Å². The highest BCUT2D eigenvalue weighted by Gasteiger charge is 2.28. The zero-order valence-electron chi connectivity index (χ0n) is 15.1. The standard InChI is InChI=1S/C22H20ClN3O/c1-2-14-3-9-18(10-4-14)25-22-24-13-19-20(26-22)11-16(12-21(19)27)15-5-7-17(23)8-6-15/h3-10,13,16H,2,11-12H2,1H3,(H,24,25,26)/t16-/m1/s1. The van der Waals surface area contributed by atoms with Gasteiger partial charge >= 0.3 is 0 Å². The molecule has 0 fully saturated rings. The molecule has 0 saturated carbocycles. The summed E-state index contributed by atoms with van der Waals surface area (Å²) in [5.41, 5.74) is 4.76. The minimum absolute atomic E-state index is 0.0926. The molecule has 1 N–H and O–H groups in total. The van der Waals surface area contributed by atoms with Crippen molar-refractivity contribution in [2.45, 2.75) is 32.1 Å². The van der Waals surface area contributed by atoms with Gasteiger partial charge in [0.25, 0.3) is 0 Å². The number of rotatable bonds is 4. The first-order chi connectivity index (χ1) is 13.1. The molecule has 27 heavy (non-hydrogen) atoms. The lowest BCUT2D eigenvalue weighted by Gasteiger charge is -2.23. The molecule has 4 nitrogen and oxygen atoms in total. The third-order valence-corrected chi connectivity index (χ3v) is 5.25. The van der Waals surface area contributed by atoms with Crippen molar-refractivity contribution in [2.24, 2.45) is 0 Å². The van der Waals surface area contributed by atoms with Crippen LogP contribution in [0.4, 0.5) is 11.6 Å². The number of ketones is 1. The molecule has 0 spiro atoms. The molecule has 1 atom stereocenters. The molecule has 1 aliphatic rings. The van der Waals surface area contributed by atoms with Gasteiger partial charge in [0.15, 0.2) is 5.78 Å². The normalized spacial score (nSPS) is 16.1. The van der Waals surface area contributed by atoms with Crippen LogP contribution in [0.2, 0.25) is 5.02 Å². The van der Waals surface area contributed by atoms with E-state index in [1.54, 1.807) is 6.20 Å². The molecule has 0 radical (unpaired) electrons. The van der Waals surface area contributed by atoms with E-state index in [9.17, 15) is 4.79 Å². The molecule has 4 rings (SSSR count). The summed E-state index contributed by atoms with van der Waals surface area (Å²) in [6, 6.07) is 15.9. The van der Waals surface area contributed by atoms with Crippen molar-refractivity contribution in [3.8, 4) is 0 Å². The number of nitrogens with zero attached hydrogens (tertiary/aromatic N) is 2. The van der Waals surface area contributed by atoms with E-state index >= 15 is 0 Å². The number of nitrogens with one attached hydrogen (secondary N) is 1. The Morgan fingerprint density at radius 2 is 1.81 bits per heavy atom. The Bertz CT molecular complexity index is 968. The van der Waals surface area contributed by atoms with E-state index in [1.165, 1.54) is 5.56 Å². The van der Waals surface area contributed by atoms with E-state index in [2.05, 4.69) is 34.3 Å². The van der Waals surface area contributed by atoms with Crippen LogP contribution in [-0.2, 0) is 12.8 Å². The summed E-state index contributed by atoms with van der Waals surface area (Å²) in [6.45, 7) is 2.13. The Morgan fingerprint density at radius 1 is 1.07 bits per heavy atom. The number of hydrogen-bond acceptors (Lipinski definition) is 4. The first-order valence-electron chi connectivity index (χ1n) is 9.13. The van der Waals surface area contributed by atoms with Crippen molar-refractivity contribution in [1.82, 2.24) is 9.97 Å². The van der Waals surface area contributed by atoms with Gasteiger partial charge in [-0.15, -0.1) is 0 Å². The fourth-order valence-electron chi connectivity index (χ4n) is 3.43. The minimum Gasteiger partial charge on any atom is -0.324 e. The van der Waals surface area contributed by atoms with Gasteiger partial charge in [-0.25, -0.2) is 9.97 Å². The SMILES string of the molecule is CCc1ccc(Nc2ncc3c(n2)C[C@@H](c2ccc(Cl)cc2)CC3=O)cc1. The second-order valence-corrected chi connectivity index (χ2v) is 7.25. The molecule has 5 heteroatoms. The van der Waals surface area contributed by atoms with Crippen molar-refractivity contribution in [1.29, 1.82) is 0 Å². The van der Waals surface area contributed by atoms with Crippen molar-refractivity contribution < 1.29 is 4.79 Å². The molecule has 2 aromatic carbocycles. The Kier molecular flexibility index (Phi) is 4.90. The van der Waals surface area contributed by atoms with Gasteiger partial charge in [0.1, 0.15) is 0 Å². The van der Waals surface area contributed by atoms with E-state index in [-0.39, 0.29) is 11.7 Å². The largest absolute Gasteiger partial charge is 0.324 e. The van der Waals surface area contributed by atoms with E-state index in [1.807, 2.05) is 36.4 Å². The van der Waals surface area contributed by atoms with Crippen molar-refractivity contribution >= 4 is 29.0 Å². The molecular weight excluding hydrogens is 358 g/mol. The zero-order chi connectivity index (χ0) is 18.8. The van der Waals surface area contributed by atoms with Crippen LogP contribution in [0.3, 0.4) is 0 Å². The number of halogens is 1. The highest BCUT2D eigenvalue weighted by molar-refractivity contribution is 6.30. The number of aryl methyl sites for hydroxylation is 1. The van der Waals surface area contributed by atoms with Crippen LogP contribution >= 0.6 is 11.6 Å². The highest BCUT2D eigenvalue weighted by Crippen LogP contribution is 2.32. The Labute approximate surface area is 163 Å². The molecule has 136 valence electrons. The number of anilines is 2. The first-order valence-corrected chi connectivity index (χ1v) is 9.50. The summed E-state index contributed by atoms with van der Waals surface area (Å²) in [5.74, 6) is 0.728. The topological polar surface area (TPSA) is 54.9 Å². The molecular formula is C22H20ClN3O. The first kappa shape index (κ1) is 17.7. The Balaban J connectivity index is 1.57. The fourth-order valence-corrected chi connectivity index (χ4v) is 3.55. The fraction of sp³-hybridized carbons (Fsp3) is 0.227. The number of carbonyl (C=O) groups is 1. The van der Waals surface area contributed by atoms with Gasteiger partial charge in [-0.05, 0) is 54.2 Å². The summed E-state index contributed by atoms with van der Waals surface area (Å²) in [5, 5.41) is 3.93. The summed E-state index contributed by atoms with van der Waals surface area (Å²) < 4.78 is 0. The third-order valence-electron chi connectivity index (χ3n) is 5.00. The molecule has 1 aliphatic carbocycles. The molecule has 0 saturated heterocycles. The van der Waals surface area contributed by atoms with Crippen LogP contribution in [0.15, 0.2) is 54.7 Å². The van der Waals surface area contributed by atoms with Crippen LogP contribution in [0.5, 0.6) is 0 Å². The summed E-state index contributed by atoms with van der Waals surface area (Å²) >= 11 is 5.98. The predicted molar refractivity (Wildman–Crippen MR) is 108 cm³/mol. The van der Waals surface area contributed by atoms with Crippen molar-refractivity contribution in [3.63, 3.8) is 0 Å². The van der Waals surface area contributed by atoms with Gasteiger partial charge in [0.2, 0.25) is 5.95 Å². The second-order valence-electron chi connectivity index (χ2n) is 6.81.